The molecular formula is C18H26N2. The Morgan fingerprint density at radius 2 is 1.90 bits per heavy atom. The summed E-state index contributed by atoms with van der Waals surface area (Å²) in [6.45, 7) is 4.64. The number of hydrogen-bond acceptors (Lipinski definition) is 1. The quantitative estimate of drug-likeness (QED) is 0.806. The molecule has 0 amide bonds. The van der Waals surface area contributed by atoms with Crippen LogP contribution in [-0.2, 0) is 6.54 Å². The van der Waals surface area contributed by atoms with Crippen LogP contribution in [0.4, 0.5) is 0 Å². The van der Waals surface area contributed by atoms with Crippen LogP contribution in [0.25, 0.3) is 10.9 Å². The Morgan fingerprint density at radius 1 is 1.10 bits per heavy atom. The molecule has 1 N–H and O–H groups in total. The predicted octanol–water partition coefficient (Wildman–Crippen LogP) is 4.20. The Bertz CT molecular complexity index is 535. The average Bonchev–Trinajstić information content (AvgIpc) is 2.89. The fourth-order valence-electron chi connectivity index (χ4n) is 3.36. The first-order valence-electron chi connectivity index (χ1n) is 8.10. The summed E-state index contributed by atoms with van der Waals surface area (Å²) >= 11 is 0. The molecular weight excluding hydrogens is 244 g/mol. The lowest BCUT2D eigenvalue weighted by Gasteiger charge is -2.27. The molecule has 2 heteroatoms. The molecule has 0 unspecified atom stereocenters. The molecule has 1 aromatic heterocycles. The summed E-state index contributed by atoms with van der Waals surface area (Å²) in [7, 11) is 0. The van der Waals surface area contributed by atoms with Crippen molar-refractivity contribution in [3.05, 3.63) is 36.5 Å². The van der Waals surface area contributed by atoms with Crippen molar-refractivity contribution in [3.8, 4) is 0 Å². The second-order valence-corrected chi connectivity index (χ2v) is 6.33. The number of para-hydroxylation sites is 1. The van der Waals surface area contributed by atoms with Crippen molar-refractivity contribution in [2.24, 2.45) is 5.92 Å². The van der Waals surface area contributed by atoms with Crippen LogP contribution in [0.15, 0.2) is 36.5 Å². The SMILES string of the molecule is CC1CCC(NCCCn2ccc3ccccc32)CC1. The molecule has 1 heterocycles. The number of nitrogens with one attached hydrogen (secondary N) is 1. The number of aromatic nitrogens is 1. The van der Waals surface area contributed by atoms with Gasteiger partial charge < -0.3 is 9.88 Å². The summed E-state index contributed by atoms with van der Waals surface area (Å²) in [4.78, 5) is 0. The van der Waals surface area contributed by atoms with E-state index in [4.69, 9.17) is 0 Å². The van der Waals surface area contributed by atoms with E-state index in [0.717, 1.165) is 25.0 Å². The normalized spacial score (nSPS) is 23.2. The van der Waals surface area contributed by atoms with Gasteiger partial charge in [0.05, 0.1) is 0 Å². The third kappa shape index (κ3) is 3.24. The zero-order valence-corrected chi connectivity index (χ0v) is 12.5. The molecule has 1 aliphatic rings. The summed E-state index contributed by atoms with van der Waals surface area (Å²) < 4.78 is 2.37. The topological polar surface area (TPSA) is 17.0 Å². The Kier molecular flexibility index (Phi) is 4.41. The third-order valence-electron chi connectivity index (χ3n) is 4.70. The predicted molar refractivity (Wildman–Crippen MR) is 86.0 cm³/mol. The molecule has 20 heavy (non-hydrogen) atoms. The van der Waals surface area contributed by atoms with E-state index in [1.54, 1.807) is 0 Å². The molecule has 1 saturated carbocycles. The van der Waals surface area contributed by atoms with Gasteiger partial charge in [-0.3, -0.25) is 0 Å². The number of hydrogen-bond donors (Lipinski definition) is 1. The van der Waals surface area contributed by atoms with E-state index in [9.17, 15) is 0 Å². The van der Waals surface area contributed by atoms with Crippen molar-refractivity contribution in [2.75, 3.05) is 6.54 Å². The fourth-order valence-corrected chi connectivity index (χ4v) is 3.36. The summed E-state index contributed by atoms with van der Waals surface area (Å²) in [6.07, 6.45) is 8.97. The van der Waals surface area contributed by atoms with E-state index in [1.807, 2.05) is 0 Å². The summed E-state index contributed by atoms with van der Waals surface area (Å²) in [5.74, 6) is 0.944. The fraction of sp³-hybridized carbons (Fsp3) is 0.556. The van der Waals surface area contributed by atoms with E-state index in [1.165, 1.54) is 43.0 Å². The first-order valence-corrected chi connectivity index (χ1v) is 8.10. The Balaban J connectivity index is 1.44. The maximum atomic E-state index is 3.74. The highest BCUT2D eigenvalue weighted by Gasteiger charge is 2.16. The molecule has 3 rings (SSSR count). The van der Waals surface area contributed by atoms with E-state index >= 15 is 0 Å². The van der Waals surface area contributed by atoms with Gasteiger partial charge in [0, 0.05) is 24.3 Å². The Labute approximate surface area is 122 Å². The molecule has 2 aromatic rings. The van der Waals surface area contributed by atoms with Gasteiger partial charge >= 0.3 is 0 Å². The summed E-state index contributed by atoms with van der Waals surface area (Å²) in [6, 6.07) is 11.6. The minimum absolute atomic E-state index is 0.771. The lowest BCUT2D eigenvalue weighted by Crippen LogP contribution is -2.33. The minimum Gasteiger partial charge on any atom is -0.347 e. The van der Waals surface area contributed by atoms with Crippen LogP contribution in [0.2, 0.25) is 0 Å². The standard InChI is InChI=1S/C18H26N2/c1-15-7-9-17(10-8-15)19-12-4-13-20-14-11-16-5-2-3-6-18(16)20/h2-3,5-6,11,14-15,17,19H,4,7-10,12-13H2,1H3. The van der Waals surface area contributed by atoms with Crippen LogP contribution in [0.5, 0.6) is 0 Å². The largest absolute Gasteiger partial charge is 0.347 e. The highest BCUT2D eigenvalue weighted by molar-refractivity contribution is 5.79. The Hall–Kier alpha value is -1.28. The first kappa shape index (κ1) is 13.7. The molecule has 1 fully saturated rings. The van der Waals surface area contributed by atoms with Crippen molar-refractivity contribution in [1.29, 1.82) is 0 Å². The van der Waals surface area contributed by atoms with Gasteiger partial charge in [-0.15, -0.1) is 0 Å². The molecule has 0 bridgehead atoms. The van der Waals surface area contributed by atoms with Crippen molar-refractivity contribution in [2.45, 2.75) is 51.6 Å². The molecule has 0 atom stereocenters. The van der Waals surface area contributed by atoms with Gasteiger partial charge in [0.15, 0.2) is 0 Å². The zero-order chi connectivity index (χ0) is 13.8. The van der Waals surface area contributed by atoms with Crippen molar-refractivity contribution < 1.29 is 0 Å². The highest BCUT2D eigenvalue weighted by Crippen LogP contribution is 2.23. The maximum absolute atomic E-state index is 3.74. The highest BCUT2D eigenvalue weighted by atomic mass is 15.0. The van der Waals surface area contributed by atoms with E-state index < -0.39 is 0 Å². The lowest BCUT2D eigenvalue weighted by molar-refractivity contribution is 0.306. The number of rotatable bonds is 5. The lowest BCUT2D eigenvalue weighted by atomic mass is 9.87. The van der Waals surface area contributed by atoms with Crippen molar-refractivity contribution in [3.63, 3.8) is 0 Å². The number of aryl methyl sites for hydroxylation is 1. The second-order valence-electron chi connectivity index (χ2n) is 6.33. The van der Waals surface area contributed by atoms with Crippen LogP contribution in [0.3, 0.4) is 0 Å². The van der Waals surface area contributed by atoms with Gasteiger partial charge in [0.2, 0.25) is 0 Å². The van der Waals surface area contributed by atoms with E-state index in [-0.39, 0.29) is 0 Å². The van der Waals surface area contributed by atoms with Crippen molar-refractivity contribution >= 4 is 10.9 Å². The van der Waals surface area contributed by atoms with Gasteiger partial charge in [0.25, 0.3) is 0 Å². The van der Waals surface area contributed by atoms with Gasteiger partial charge in [-0.25, -0.2) is 0 Å². The molecule has 1 aliphatic carbocycles. The van der Waals surface area contributed by atoms with Gasteiger partial charge in [-0.1, -0.05) is 25.1 Å². The molecule has 0 radical (unpaired) electrons. The zero-order valence-electron chi connectivity index (χ0n) is 12.5. The van der Waals surface area contributed by atoms with E-state index in [2.05, 4.69) is 53.3 Å². The number of nitrogens with zero attached hydrogens (tertiary/aromatic N) is 1. The average molecular weight is 270 g/mol. The monoisotopic (exact) mass is 270 g/mol. The van der Waals surface area contributed by atoms with Gasteiger partial charge in [0.1, 0.15) is 0 Å². The molecule has 108 valence electrons. The minimum atomic E-state index is 0.771. The van der Waals surface area contributed by atoms with Crippen LogP contribution in [-0.4, -0.2) is 17.2 Å². The first-order chi connectivity index (χ1) is 9.83. The van der Waals surface area contributed by atoms with Crippen LogP contribution >= 0.6 is 0 Å². The second kappa shape index (κ2) is 6.45. The smallest absolute Gasteiger partial charge is 0.0480 e. The number of benzene rings is 1. The molecule has 0 saturated heterocycles. The van der Waals surface area contributed by atoms with Crippen LogP contribution in [0, 0.1) is 5.92 Å². The van der Waals surface area contributed by atoms with Gasteiger partial charge in [-0.05, 0) is 62.1 Å². The van der Waals surface area contributed by atoms with Crippen LogP contribution in [0.1, 0.15) is 39.0 Å². The molecule has 0 aliphatic heterocycles. The molecule has 1 aromatic carbocycles. The summed E-state index contributed by atoms with van der Waals surface area (Å²) in [5, 5.41) is 5.09. The van der Waals surface area contributed by atoms with Crippen LogP contribution < -0.4 is 5.32 Å². The van der Waals surface area contributed by atoms with Crippen molar-refractivity contribution in [1.82, 2.24) is 9.88 Å². The maximum Gasteiger partial charge on any atom is 0.0480 e. The number of fused-ring (bicyclic) bond motifs is 1. The van der Waals surface area contributed by atoms with Gasteiger partial charge in [-0.2, -0.15) is 0 Å². The van der Waals surface area contributed by atoms with E-state index in [0.29, 0.717) is 0 Å². The molecule has 0 spiro atoms. The third-order valence-corrected chi connectivity index (χ3v) is 4.70. The summed E-state index contributed by atoms with van der Waals surface area (Å²) in [5.41, 5.74) is 1.36. The Morgan fingerprint density at radius 3 is 2.75 bits per heavy atom. The molecule has 2 nitrogen and oxygen atoms in total.